The Morgan fingerprint density at radius 3 is 2.79 bits per heavy atom. The van der Waals surface area contributed by atoms with Crippen molar-refractivity contribution < 1.29 is 4.74 Å². The molecule has 4 nitrogen and oxygen atoms in total. The number of rotatable bonds is 2. The number of pyridine rings is 1. The molecule has 2 aromatic heterocycles. The van der Waals surface area contributed by atoms with Crippen LogP contribution in [0.25, 0.3) is 22.6 Å². The third-order valence-corrected chi connectivity index (χ3v) is 2.87. The van der Waals surface area contributed by atoms with E-state index in [0.717, 1.165) is 33.9 Å². The van der Waals surface area contributed by atoms with Gasteiger partial charge >= 0.3 is 0 Å². The van der Waals surface area contributed by atoms with E-state index < -0.39 is 0 Å². The van der Waals surface area contributed by atoms with E-state index in [1.807, 2.05) is 37.3 Å². The van der Waals surface area contributed by atoms with E-state index in [9.17, 15) is 0 Å². The van der Waals surface area contributed by atoms with Gasteiger partial charge in [0.05, 0.1) is 18.2 Å². The van der Waals surface area contributed by atoms with Crippen molar-refractivity contribution in [1.29, 1.82) is 0 Å². The van der Waals surface area contributed by atoms with Gasteiger partial charge < -0.3 is 9.72 Å². The second-order valence-electron chi connectivity index (χ2n) is 4.16. The number of fused-ring (bicyclic) bond motifs is 1. The number of nitrogens with one attached hydrogen (secondary N) is 1. The number of halogens is 1. The standard InChI is InChI=1S/C14H13N3O.ClH/c1-9-5-6-10(12(8-9)18-2)13-16-11-4-3-7-15-14(11)17-13;/h3-8H,1-2H3,(H,15,16,17);1H. The lowest BCUT2D eigenvalue weighted by Gasteiger charge is -2.06. The average Bonchev–Trinajstić information content (AvgIpc) is 2.82. The number of methoxy groups -OCH3 is 1. The second-order valence-corrected chi connectivity index (χ2v) is 4.16. The molecule has 0 fully saturated rings. The van der Waals surface area contributed by atoms with E-state index in [-0.39, 0.29) is 12.4 Å². The molecule has 0 aliphatic heterocycles. The number of aromatic nitrogens is 3. The van der Waals surface area contributed by atoms with Gasteiger partial charge in [0.15, 0.2) is 5.65 Å². The lowest BCUT2D eigenvalue weighted by atomic mass is 10.1. The van der Waals surface area contributed by atoms with Crippen molar-refractivity contribution in [2.45, 2.75) is 6.92 Å². The minimum absolute atomic E-state index is 0. The molecule has 5 heteroatoms. The highest BCUT2D eigenvalue weighted by Gasteiger charge is 2.10. The van der Waals surface area contributed by atoms with Crippen molar-refractivity contribution in [1.82, 2.24) is 15.0 Å². The van der Waals surface area contributed by atoms with Crippen LogP contribution in [0, 0.1) is 6.92 Å². The van der Waals surface area contributed by atoms with Crippen LogP contribution in [0.2, 0.25) is 0 Å². The summed E-state index contributed by atoms with van der Waals surface area (Å²) in [4.78, 5) is 11.9. The van der Waals surface area contributed by atoms with E-state index in [0.29, 0.717) is 0 Å². The lowest BCUT2D eigenvalue weighted by Crippen LogP contribution is -1.90. The van der Waals surface area contributed by atoms with Crippen molar-refractivity contribution in [3.8, 4) is 17.1 Å². The van der Waals surface area contributed by atoms with Crippen LogP contribution in [0.5, 0.6) is 5.75 Å². The molecule has 0 saturated heterocycles. The average molecular weight is 276 g/mol. The number of benzene rings is 1. The molecular weight excluding hydrogens is 262 g/mol. The summed E-state index contributed by atoms with van der Waals surface area (Å²) in [6.45, 7) is 2.03. The van der Waals surface area contributed by atoms with Crippen LogP contribution >= 0.6 is 12.4 Å². The molecule has 0 amide bonds. The maximum atomic E-state index is 5.40. The second kappa shape index (κ2) is 5.28. The number of aromatic amines is 1. The smallest absolute Gasteiger partial charge is 0.178 e. The third kappa shape index (κ3) is 2.39. The largest absolute Gasteiger partial charge is 0.496 e. The lowest BCUT2D eigenvalue weighted by molar-refractivity contribution is 0.416. The van der Waals surface area contributed by atoms with Crippen LogP contribution in [0.15, 0.2) is 36.5 Å². The van der Waals surface area contributed by atoms with Gasteiger partial charge in [0.1, 0.15) is 11.6 Å². The van der Waals surface area contributed by atoms with Gasteiger partial charge in [-0.15, -0.1) is 12.4 Å². The number of hydrogen-bond donors (Lipinski definition) is 1. The first-order chi connectivity index (χ1) is 8.78. The predicted molar refractivity (Wildman–Crippen MR) is 77.9 cm³/mol. The summed E-state index contributed by atoms with van der Waals surface area (Å²) < 4.78 is 5.40. The van der Waals surface area contributed by atoms with Gasteiger partial charge in [0, 0.05) is 6.20 Å². The zero-order valence-corrected chi connectivity index (χ0v) is 11.5. The van der Waals surface area contributed by atoms with E-state index in [4.69, 9.17) is 4.74 Å². The Morgan fingerprint density at radius 2 is 2.05 bits per heavy atom. The van der Waals surface area contributed by atoms with E-state index in [1.54, 1.807) is 13.3 Å². The molecule has 0 radical (unpaired) electrons. The van der Waals surface area contributed by atoms with Crippen LogP contribution in [-0.4, -0.2) is 22.1 Å². The number of ether oxygens (including phenoxy) is 1. The molecule has 0 atom stereocenters. The molecule has 98 valence electrons. The van der Waals surface area contributed by atoms with E-state index in [1.165, 1.54) is 0 Å². The molecule has 0 saturated carbocycles. The maximum absolute atomic E-state index is 5.40. The fraction of sp³-hybridized carbons (Fsp3) is 0.143. The molecule has 2 heterocycles. The van der Waals surface area contributed by atoms with Crippen LogP contribution in [0.4, 0.5) is 0 Å². The molecule has 3 aromatic rings. The number of H-pyrrole nitrogens is 1. The predicted octanol–water partition coefficient (Wildman–Crippen LogP) is 3.36. The maximum Gasteiger partial charge on any atom is 0.178 e. The molecule has 0 spiro atoms. The Labute approximate surface area is 117 Å². The van der Waals surface area contributed by atoms with Gasteiger partial charge in [-0.05, 0) is 36.8 Å². The van der Waals surface area contributed by atoms with Gasteiger partial charge in [-0.2, -0.15) is 0 Å². The molecule has 19 heavy (non-hydrogen) atoms. The number of imidazole rings is 1. The van der Waals surface area contributed by atoms with Gasteiger partial charge in [-0.25, -0.2) is 9.97 Å². The topological polar surface area (TPSA) is 50.8 Å². The van der Waals surface area contributed by atoms with Crippen molar-refractivity contribution in [2.75, 3.05) is 7.11 Å². The first kappa shape index (κ1) is 13.4. The molecule has 0 bridgehead atoms. The number of nitrogens with zero attached hydrogens (tertiary/aromatic N) is 2. The fourth-order valence-corrected chi connectivity index (χ4v) is 1.97. The summed E-state index contributed by atoms with van der Waals surface area (Å²) in [6.07, 6.45) is 1.74. The SMILES string of the molecule is COc1cc(C)ccc1-c1nc2ncccc2[nH]1.Cl. The van der Waals surface area contributed by atoms with Gasteiger partial charge in [-0.1, -0.05) is 6.07 Å². The molecule has 1 aromatic carbocycles. The summed E-state index contributed by atoms with van der Waals surface area (Å²) >= 11 is 0. The van der Waals surface area contributed by atoms with Crippen LogP contribution in [0.3, 0.4) is 0 Å². The van der Waals surface area contributed by atoms with Gasteiger partial charge in [0.25, 0.3) is 0 Å². The van der Waals surface area contributed by atoms with Crippen LogP contribution in [0.1, 0.15) is 5.56 Å². The number of aryl methyl sites for hydroxylation is 1. The van der Waals surface area contributed by atoms with Gasteiger partial charge in [0.2, 0.25) is 0 Å². The van der Waals surface area contributed by atoms with Crippen LogP contribution < -0.4 is 4.74 Å². The van der Waals surface area contributed by atoms with Crippen molar-refractivity contribution in [2.24, 2.45) is 0 Å². The third-order valence-electron chi connectivity index (χ3n) is 2.87. The van der Waals surface area contributed by atoms with Crippen molar-refractivity contribution in [3.05, 3.63) is 42.1 Å². The summed E-state index contributed by atoms with van der Waals surface area (Å²) in [5, 5.41) is 0. The highest BCUT2D eigenvalue weighted by Crippen LogP contribution is 2.29. The first-order valence-corrected chi connectivity index (χ1v) is 5.73. The highest BCUT2D eigenvalue weighted by atomic mass is 35.5. The molecule has 0 unspecified atom stereocenters. The molecule has 3 rings (SSSR count). The van der Waals surface area contributed by atoms with Gasteiger partial charge in [-0.3, -0.25) is 0 Å². The highest BCUT2D eigenvalue weighted by molar-refractivity contribution is 5.85. The monoisotopic (exact) mass is 275 g/mol. The summed E-state index contributed by atoms with van der Waals surface area (Å²) in [7, 11) is 1.67. The molecular formula is C14H14ClN3O. The van der Waals surface area contributed by atoms with Crippen LogP contribution in [-0.2, 0) is 0 Å². The molecule has 1 N–H and O–H groups in total. The zero-order valence-electron chi connectivity index (χ0n) is 10.7. The van der Waals surface area contributed by atoms with E-state index in [2.05, 4.69) is 15.0 Å². The van der Waals surface area contributed by atoms with Crippen molar-refractivity contribution >= 4 is 23.6 Å². The summed E-state index contributed by atoms with van der Waals surface area (Å²) in [5.41, 5.74) is 3.75. The van der Waals surface area contributed by atoms with Crippen molar-refractivity contribution in [3.63, 3.8) is 0 Å². The Morgan fingerprint density at radius 1 is 1.21 bits per heavy atom. The Balaban J connectivity index is 0.00000133. The normalized spacial score (nSPS) is 10.2. The number of hydrogen-bond acceptors (Lipinski definition) is 3. The zero-order chi connectivity index (χ0) is 12.5. The first-order valence-electron chi connectivity index (χ1n) is 5.73. The minimum atomic E-state index is 0. The quantitative estimate of drug-likeness (QED) is 0.780. The molecule has 0 aliphatic carbocycles. The minimum Gasteiger partial charge on any atom is -0.496 e. The Kier molecular flexibility index (Phi) is 3.71. The van der Waals surface area contributed by atoms with E-state index >= 15 is 0 Å². The molecule has 0 aliphatic rings. The summed E-state index contributed by atoms with van der Waals surface area (Å²) in [5.74, 6) is 1.59. The summed E-state index contributed by atoms with van der Waals surface area (Å²) in [6, 6.07) is 9.89. The Hall–Kier alpha value is -2.07. The Bertz CT molecular complexity index is 676. The fourth-order valence-electron chi connectivity index (χ4n) is 1.97.